The van der Waals surface area contributed by atoms with Gasteiger partial charge < -0.3 is 28.2 Å². The van der Waals surface area contributed by atoms with Crippen LogP contribution in [0.4, 0.5) is 0 Å². The minimum atomic E-state index is -0.777. The molecule has 5 aromatic rings. The summed E-state index contributed by atoms with van der Waals surface area (Å²) in [5.74, 6) is 1.06. The molecule has 3 aromatic carbocycles. The number of aromatic nitrogens is 4. The van der Waals surface area contributed by atoms with Crippen molar-refractivity contribution in [3.63, 3.8) is 0 Å². The summed E-state index contributed by atoms with van der Waals surface area (Å²) in [6.45, 7) is 15.0. The monoisotopic (exact) mass is 787 g/mol. The maximum Gasteiger partial charge on any atom is 0.442 e. The Morgan fingerprint density at radius 2 is 1.60 bits per heavy atom. The van der Waals surface area contributed by atoms with Gasteiger partial charge in [0, 0.05) is 16.5 Å². The van der Waals surface area contributed by atoms with E-state index in [0.29, 0.717) is 55.8 Å². The van der Waals surface area contributed by atoms with Crippen LogP contribution in [0.15, 0.2) is 75.2 Å². The first-order valence-electron chi connectivity index (χ1n) is 16.4. The fraction of sp³-hybridized carbons (Fsp3) is 0.351. The van der Waals surface area contributed by atoms with Crippen molar-refractivity contribution in [3.05, 3.63) is 92.3 Å². The van der Waals surface area contributed by atoms with E-state index < -0.39 is 17.8 Å². The third-order valence-electron chi connectivity index (χ3n) is 6.62. The zero-order chi connectivity index (χ0) is 38.9. The number of carbonyl (C=O) groups excluding carboxylic acids is 1. The number of oxime groups is 1. The van der Waals surface area contributed by atoms with Gasteiger partial charge in [-0.15, -0.1) is 5.10 Å². The number of ether oxygens (including phenoxy) is 4. The second kappa shape index (κ2) is 18.3. The largest absolute Gasteiger partial charge is 0.489 e. The second-order valence-corrected chi connectivity index (χ2v) is 14.2. The summed E-state index contributed by atoms with van der Waals surface area (Å²) < 4.78 is 28.4. The summed E-state index contributed by atoms with van der Waals surface area (Å²) >= 11 is 18.3. The van der Waals surface area contributed by atoms with Crippen LogP contribution in [0.3, 0.4) is 0 Å². The van der Waals surface area contributed by atoms with Crippen LogP contribution in [0.5, 0.6) is 23.1 Å². The Morgan fingerprint density at radius 3 is 2.25 bits per heavy atom. The Balaban J connectivity index is 0.000000251. The van der Waals surface area contributed by atoms with E-state index in [1.165, 1.54) is 12.3 Å². The average Bonchev–Trinajstić information content (AvgIpc) is 3.48. The third kappa shape index (κ3) is 12.1. The predicted octanol–water partition coefficient (Wildman–Crippen LogP) is 9.02. The first-order valence-corrected chi connectivity index (χ1v) is 17.6. The molecule has 0 aliphatic carbocycles. The minimum Gasteiger partial charge on any atom is -0.489 e. The van der Waals surface area contributed by atoms with E-state index in [9.17, 15) is 9.59 Å². The molecular formula is C37H40Cl3N5O8. The molecule has 5 rings (SSSR count). The van der Waals surface area contributed by atoms with E-state index in [1.54, 1.807) is 55.5 Å². The van der Waals surface area contributed by atoms with E-state index in [1.807, 2.05) is 48.5 Å². The lowest BCUT2D eigenvalue weighted by Gasteiger charge is -2.14. The molecule has 0 fully saturated rings. The van der Waals surface area contributed by atoms with Crippen molar-refractivity contribution in [1.29, 1.82) is 0 Å². The fourth-order valence-electron chi connectivity index (χ4n) is 4.21. The molecule has 0 bridgehead atoms. The van der Waals surface area contributed by atoms with Crippen LogP contribution >= 0.6 is 34.8 Å². The van der Waals surface area contributed by atoms with Gasteiger partial charge in [-0.3, -0.25) is 0 Å². The number of esters is 1. The van der Waals surface area contributed by atoms with Gasteiger partial charge in [-0.1, -0.05) is 60.7 Å². The highest BCUT2D eigenvalue weighted by Gasteiger charge is 2.24. The zero-order valence-corrected chi connectivity index (χ0v) is 32.7. The van der Waals surface area contributed by atoms with Gasteiger partial charge >= 0.3 is 11.7 Å². The maximum atomic E-state index is 12.1. The van der Waals surface area contributed by atoms with Crippen molar-refractivity contribution < 1.29 is 33.0 Å². The molecule has 16 heteroatoms. The van der Waals surface area contributed by atoms with Crippen molar-refractivity contribution in [1.82, 2.24) is 19.7 Å². The van der Waals surface area contributed by atoms with E-state index >= 15 is 0 Å². The van der Waals surface area contributed by atoms with Crippen LogP contribution < -0.4 is 20.0 Å². The van der Waals surface area contributed by atoms with Gasteiger partial charge in [0.15, 0.2) is 12.7 Å². The molecule has 2 heterocycles. The molecule has 1 atom stereocenters. The van der Waals surface area contributed by atoms with Crippen LogP contribution in [-0.2, 0) is 19.8 Å². The van der Waals surface area contributed by atoms with Crippen molar-refractivity contribution in [3.8, 4) is 28.8 Å². The summed E-state index contributed by atoms with van der Waals surface area (Å²) in [5.41, 5.74) is 2.13. The van der Waals surface area contributed by atoms with Crippen LogP contribution in [0.25, 0.3) is 16.7 Å². The molecule has 0 amide bonds. The number of carbonyl (C=O) groups is 1. The van der Waals surface area contributed by atoms with Gasteiger partial charge in [-0.2, -0.15) is 4.68 Å². The van der Waals surface area contributed by atoms with Gasteiger partial charge in [0.2, 0.25) is 11.8 Å². The first-order chi connectivity index (χ1) is 25.0. The smallest absolute Gasteiger partial charge is 0.442 e. The quantitative estimate of drug-likeness (QED) is 0.0516. The Morgan fingerprint density at radius 1 is 0.906 bits per heavy atom. The lowest BCUT2D eigenvalue weighted by molar-refractivity contribution is -0.152. The van der Waals surface area contributed by atoms with Gasteiger partial charge in [0.25, 0.3) is 0 Å². The summed E-state index contributed by atoms with van der Waals surface area (Å²) in [5, 5.41) is 9.23. The van der Waals surface area contributed by atoms with Gasteiger partial charge in [0.05, 0.1) is 44.8 Å². The third-order valence-corrected chi connectivity index (χ3v) is 7.45. The molecular weight excluding hydrogens is 749 g/mol. The lowest BCUT2D eigenvalue weighted by Crippen LogP contribution is -2.27. The van der Waals surface area contributed by atoms with Crippen molar-refractivity contribution in [2.75, 3.05) is 13.2 Å². The van der Waals surface area contributed by atoms with Crippen LogP contribution in [0, 0.1) is 0 Å². The number of hydrogen-bond acceptors (Lipinski definition) is 12. The molecule has 2 aromatic heterocycles. The van der Waals surface area contributed by atoms with E-state index in [-0.39, 0.29) is 29.8 Å². The highest BCUT2D eigenvalue weighted by molar-refractivity contribution is 6.36. The number of rotatable bonds is 12. The van der Waals surface area contributed by atoms with Gasteiger partial charge in [0.1, 0.15) is 23.9 Å². The molecule has 0 aliphatic rings. The summed E-state index contributed by atoms with van der Waals surface area (Å²) in [4.78, 5) is 37.7. The summed E-state index contributed by atoms with van der Waals surface area (Å²) in [7, 11) is 0. The second-order valence-electron chi connectivity index (χ2n) is 12.9. The van der Waals surface area contributed by atoms with E-state index in [2.05, 4.69) is 20.2 Å². The molecule has 13 nitrogen and oxygen atoms in total. The van der Waals surface area contributed by atoms with Crippen molar-refractivity contribution >= 4 is 57.5 Å². The molecule has 0 unspecified atom stereocenters. The van der Waals surface area contributed by atoms with Gasteiger partial charge in [-0.05, 0) is 83.1 Å². The topological polar surface area (TPSA) is 149 Å². The number of nitrogens with zero attached hydrogens (tertiary/aromatic N) is 5. The van der Waals surface area contributed by atoms with E-state index in [4.69, 9.17) is 63.0 Å². The minimum absolute atomic E-state index is 0.0642. The molecule has 282 valence electrons. The zero-order valence-electron chi connectivity index (χ0n) is 30.5. The van der Waals surface area contributed by atoms with E-state index in [0.717, 1.165) is 10.4 Å². The van der Waals surface area contributed by atoms with Crippen molar-refractivity contribution in [2.24, 2.45) is 5.16 Å². The highest BCUT2D eigenvalue weighted by Crippen LogP contribution is 2.34. The molecule has 53 heavy (non-hydrogen) atoms. The van der Waals surface area contributed by atoms with Gasteiger partial charge in [-0.25, -0.2) is 19.6 Å². The Bertz CT molecular complexity index is 2110. The maximum absolute atomic E-state index is 12.1. The van der Waals surface area contributed by atoms with Crippen molar-refractivity contribution in [2.45, 2.75) is 73.0 Å². The number of halogens is 3. The Hall–Kier alpha value is -4.85. The highest BCUT2D eigenvalue weighted by atomic mass is 35.5. The van der Waals surface area contributed by atoms with Crippen LogP contribution in [-0.4, -0.2) is 56.9 Å². The first kappa shape index (κ1) is 40.9. The normalized spacial score (nSPS) is 11.7. The molecule has 0 N–H and O–H groups in total. The fourth-order valence-corrected chi connectivity index (χ4v) is 4.88. The standard InChI is InChI=1S/C22H22ClN3O5.C15H18Cl2N2O3/c1-14(2)26-29-11-10-28-22(27)15(3)30-17-5-7-18(8-6-17)31-21-13-24-20-12-16(23)4-9-19(20)25-21;1-8(2)21-12-7-11(9(16)6-10(12)17)19-14(20)22-13(18-19)15(3,4)5/h4-9,12-13,15H,10-11H2,1-3H3;6-8H,1-5H3/t15-;/m1./s1. The lowest BCUT2D eigenvalue weighted by atomic mass is 9.97. The molecule has 0 spiro atoms. The number of benzene rings is 3. The van der Waals surface area contributed by atoms with Crippen LogP contribution in [0.2, 0.25) is 15.1 Å². The Labute approximate surface area is 321 Å². The Kier molecular flexibility index (Phi) is 14.1. The predicted molar refractivity (Wildman–Crippen MR) is 203 cm³/mol. The number of hydrogen-bond donors (Lipinski definition) is 0. The summed E-state index contributed by atoms with van der Waals surface area (Å²) in [6, 6.07) is 15.2. The average molecular weight is 789 g/mol. The SMILES string of the molecule is CC(C)=NOCCOC(=O)[C@@H](C)Oc1ccc(Oc2cnc3cc(Cl)ccc3n2)cc1.CC(C)Oc1cc(-n2nc(C(C)(C)C)oc2=O)c(Cl)cc1Cl. The molecule has 0 saturated heterocycles. The molecule has 0 saturated carbocycles. The van der Waals surface area contributed by atoms with Crippen LogP contribution in [0.1, 0.15) is 61.3 Å². The molecule has 0 aliphatic heterocycles. The number of fused-ring (bicyclic) bond motifs is 1. The molecule has 0 radical (unpaired) electrons. The summed E-state index contributed by atoms with van der Waals surface area (Å²) in [6.07, 6.45) is 0.685.